The topological polar surface area (TPSA) is 71.1 Å². The Balaban J connectivity index is 5.03. The molecule has 342 valence electrons. The lowest BCUT2D eigenvalue weighted by molar-refractivity contribution is -0.901. The number of rotatable bonds is 43. The monoisotopic (exact) mass is 823 g/mol. The molecule has 0 saturated carbocycles. The van der Waals surface area contributed by atoms with E-state index in [1.165, 1.54) is 116 Å². The van der Waals surface area contributed by atoms with E-state index in [2.05, 4.69) is 66.3 Å². The number of hydrogen-bond acceptors (Lipinski definition) is 6. The zero-order chi connectivity index (χ0) is 43.0. The van der Waals surface area contributed by atoms with Crippen LogP contribution in [0.2, 0.25) is 0 Å². The smallest absolute Gasteiger partial charge is 0.306 e. The summed E-state index contributed by atoms with van der Waals surface area (Å²) < 4.78 is 24.6. The van der Waals surface area contributed by atoms with Crippen molar-refractivity contribution in [3.8, 4) is 0 Å². The lowest BCUT2D eigenvalue weighted by atomic mass is 10.1. The molecule has 0 amide bonds. The van der Waals surface area contributed by atoms with Crippen LogP contribution in [0, 0.1) is 0 Å². The summed E-state index contributed by atoms with van der Waals surface area (Å²) in [5, 5.41) is 0. The van der Waals surface area contributed by atoms with E-state index in [-0.39, 0.29) is 11.9 Å². The Morgan fingerprint density at radius 2 is 0.707 bits per heavy atom. The Labute approximate surface area is 360 Å². The molecule has 0 saturated heterocycles. The summed E-state index contributed by atoms with van der Waals surface area (Å²) in [5.74, 6) is -0.398. The fourth-order valence-electron chi connectivity index (χ4n) is 7.43. The molecule has 8 heteroatoms. The third-order valence-corrected chi connectivity index (χ3v) is 11.4. The molecule has 0 bridgehead atoms. The SMILES string of the molecule is CCCCCCCC/C=C/CCCCCCCC(=O)OC(C[N+](C)(C)CCOC)C(C[N+](C)(C)CCOC)OC(=O)CCCCCCC/C=C/CCCCCCCC. The standard InChI is InChI=1S/C50H98N2O6/c1-9-11-13-15-17-19-21-23-25-27-29-31-33-35-37-39-49(53)57-47(45-51(3,4)41-43-55-7)48(46-52(5,6)42-44-56-8)58-50(54)40-38-36-34-32-30-28-26-24-22-20-18-16-14-12-10-2/h23-26,47-48H,9-22,27-46H2,1-8H3/q+2/b25-23+,26-24+. The van der Waals surface area contributed by atoms with Crippen LogP contribution < -0.4 is 0 Å². The minimum Gasteiger partial charge on any atom is -0.452 e. The first-order valence-electron chi connectivity index (χ1n) is 24.3. The van der Waals surface area contributed by atoms with Crippen molar-refractivity contribution in [1.82, 2.24) is 0 Å². The molecule has 0 aromatic rings. The van der Waals surface area contributed by atoms with Crippen LogP contribution in [0.5, 0.6) is 0 Å². The van der Waals surface area contributed by atoms with Gasteiger partial charge in [-0.15, -0.1) is 0 Å². The van der Waals surface area contributed by atoms with Crippen LogP contribution in [0.15, 0.2) is 24.3 Å². The van der Waals surface area contributed by atoms with E-state index in [9.17, 15) is 9.59 Å². The van der Waals surface area contributed by atoms with Gasteiger partial charge in [0.05, 0.1) is 41.4 Å². The summed E-state index contributed by atoms with van der Waals surface area (Å²) in [7, 11) is 11.9. The van der Waals surface area contributed by atoms with Crippen molar-refractivity contribution in [2.24, 2.45) is 0 Å². The van der Waals surface area contributed by atoms with Gasteiger partial charge in [0.2, 0.25) is 0 Å². The van der Waals surface area contributed by atoms with Gasteiger partial charge < -0.3 is 27.9 Å². The van der Waals surface area contributed by atoms with Gasteiger partial charge in [-0.3, -0.25) is 9.59 Å². The Morgan fingerprint density at radius 1 is 0.431 bits per heavy atom. The fourth-order valence-corrected chi connectivity index (χ4v) is 7.43. The van der Waals surface area contributed by atoms with Crippen molar-refractivity contribution in [2.45, 2.75) is 206 Å². The van der Waals surface area contributed by atoms with Gasteiger partial charge in [0.15, 0.2) is 12.2 Å². The van der Waals surface area contributed by atoms with Crippen molar-refractivity contribution in [3.05, 3.63) is 24.3 Å². The molecule has 58 heavy (non-hydrogen) atoms. The first-order chi connectivity index (χ1) is 28.0. The van der Waals surface area contributed by atoms with Crippen LogP contribution in [0.25, 0.3) is 0 Å². The molecule has 0 aliphatic rings. The summed E-state index contributed by atoms with van der Waals surface area (Å²) >= 11 is 0. The number of ether oxygens (including phenoxy) is 4. The summed E-state index contributed by atoms with van der Waals surface area (Å²) in [5.41, 5.74) is 0. The van der Waals surface area contributed by atoms with Crippen molar-refractivity contribution < 1.29 is 37.5 Å². The summed E-state index contributed by atoms with van der Waals surface area (Å²) in [4.78, 5) is 26.8. The number of nitrogens with zero attached hydrogens (tertiary/aromatic N) is 2. The summed E-state index contributed by atoms with van der Waals surface area (Å²) in [6.45, 7) is 8.33. The van der Waals surface area contributed by atoms with Crippen molar-refractivity contribution >= 4 is 11.9 Å². The number of methoxy groups -OCH3 is 2. The predicted octanol–water partition coefficient (Wildman–Crippen LogP) is 12.3. The molecule has 0 radical (unpaired) electrons. The highest BCUT2D eigenvalue weighted by Gasteiger charge is 2.39. The first-order valence-corrected chi connectivity index (χ1v) is 24.3. The average Bonchev–Trinajstić information content (AvgIpc) is 3.18. The largest absolute Gasteiger partial charge is 0.452 e. The highest BCUT2D eigenvalue weighted by atomic mass is 16.6. The minimum absolute atomic E-state index is 0.199. The average molecular weight is 823 g/mol. The van der Waals surface area contributed by atoms with Gasteiger partial charge in [0, 0.05) is 27.1 Å². The van der Waals surface area contributed by atoms with Crippen LogP contribution >= 0.6 is 0 Å². The molecule has 0 heterocycles. The van der Waals surface area contributed by atoms with Crippen LogP contribution in [0.3, 0.4) is 0 Å². The maximum atomic E-state index is 13.4. The Bertz CT molecular complexity index is 919. The van der Waals surface area contributed by atoms with Crippen LogP contribution in [-0.2, 0) is 28.5 Å². The highest BCUT2D eigenvalue weighted by Crippen LogP contribution is 2.19. The summed E-state index contributed by atoms with van der Waals surface area (Å²) in [6.07, 6.45) is 40.7. The number of carbonyl (C=O) groups is 2. The molecule has 2 unspecified atom stereocenters. The van der Waals surface area contributed by atoms with Gasteiger partial charge in [0.1, 0.15) is 26.2 Å². The van der Waals surface area contributed by atoms with Crippen LogP contribution in [-0.4, -0.2) is 115 Å². The number of esters is 2. The number of unbranched alkanes of at least 4 members (excludes halogenated alkanes) is 22. The van der Waals surface area contributed by atoms with Crippen molar-refractivity contribution in [3.63, 3.8) is 0 Å². The quantitative estimate of drug-likeness (QED) is 0.0264. The third kappa shape index (κ3) is 37.3. The fraction of sp³-hybridized carbons (Fsp3) is 0.880. The summed E-state index contributed by atoms with van der Waals surface area (Å²) in [6, 6.07) is 0. The second-order valence-electron chi connectivity index (χ2n) is 18.4. The molecular weight excluding hydrogens is 725 g/mol. The van der Waals surface area contributed by atoms with Gasteiger partial charge in [-0.25, -0.2) is 0 Å². The van der Waals surface area contributed by atoms with Gasteiger partial charge >= 0.3 is 11.9 Å². The van der Waals surface area contributed by atoms with E-state index in [1.807, 2.05) is 0 Å². The molecule has 0 fully saturated rings. The number of hydrogen-bond donors (Lipinski definition) is 0. The molecule has 0 spiro atoms. The number of quaternary nitrogens is 2. The maximum Gasteiger partial charge on any atom is 0.306 e. The highest BCUT2D eigenvalue weighted by molar-refractivity contribution is 5.70. The lowest BCUT2D eigenvalue weighted by Gasteiger charge is -2.39. The molecule has 0 aromatic heterocycles. The maximum absolute atomic E-state index is 13.4. The molecule has 0 aliphatic heterocycles. The molecule has 8 nitrogen and oxygen atoms in total. The zero-order valence-corrected chi connectivity index (χ0v) is 39.8. The van der Waals surface area contributed by atoms with E-state index < -0.39 is 12.2 Å². The van der Waals surface area contributed by atoms with Crippen LogP contribution in [0.1, 0.15) is 194 Å². The molecule has 0 aliphatic carbocycles. The number of allylic oxidation sites excluding steroid dienone is 4. The van der Waals surface area contributed by atoms with Gasteiger partial charge in [-0.05, 0) is 64.2 Å². The predicted molar refractivity (Wildman–Crippen MR) is 246 cm³/mol. The second-order valence-corrected chi connectivity index (χ2v) is 18.4. The second kappa shape index (κ2) is 39.4. The van der Waals surface area contributed by atoms with Crippen molar-refractivity contribution in [2.75, 3.05) is 81.8 Å². The van der Waals surface area contributed by atoms with E-state index >= 15 is 0 Å². The molecule has 2 atom stereocenters. The third-order valence-electron chi connectivity index (χ3n) is 11.4. The number of likely N-dealkylation sites (N-methyl/N-ethyl adjacent to an activating group) is 2. The Hall–Kier alpha value is -1.74. The minimum atomic E-state index is -0.555. The van der Waals surface area contributed by atoms with E-state index in [1.54, 1.807) is 14.2 Å². The Kier molecular flexibility index (Phi) is 38.2. The molecule has 0 rings (SSSR count). The van der Waals surface area contributed by atoms with Gasteiger partial charge in [0.25, 0.3) is 0 Å². The number of carbonyl (C=O) groups excluding carboxylic acids is 2. The molecular formula is C50H98N2O6+2. The van der Waals surface area contributed by atoms with Crippen LogP contribution in [0.4, 0.5) is 0 Å². The van der Waals surface area contributed by atoms with Gasteiger partial charge in [-0.2, -0.15) is 0 Å². The van der Waals surface area contributed by atoms with E-state index in [4.69, 9.17) is 18.9 Å². The van der Waals surface area contributed by atoms with Crippen molar-refractivity contribution in [1.29, 1.82) is 0 Å². The van der Waals surface area contributed by atoms with Gasteiger partial charge in [-0.1, -0.05) is 141 Å². The zero-order valence-electron chi connectivity index (χ0n) is 39.8. The lowest BCUT2D eigenvalue weighted by Crippen LogP contribution is -2.57. The Morgan fingerprint density at radius 3 is 1.00 bits per heavy atom. The normalized spacial score (nSPS) is 13.4. The first kappa shape index (κ1) is 56.3. The molecule has 0 aromatic carbocycles. The molecule has 0 N–H and O–H groups in total. The van der Waals surface area contributed by atoms with E-state index in [0.29, 0.717) is 48.1 Å². The van der Waals surface area contributed by atoms with E-state index in [0.717, 1.165) is 64.5 Å².